The minimum Gasteiger partial charge on any atom is -0.378 e. The van der Waals surface area contributed by atoms with Crippen molar-refractivity contribution in [2.24, 2.45) is 4.99 Å². The maximum Gasteiger partial charge on any atom is 0.435 e. The van der Waals surface area contributed by atoms with Crippen molar-refractivity contribution in [3.63, 3.8) is 0 Å². The molecule has 0 saturated carbocycles. The summed E-state index contributed by atoms with van der Waals surface area (Å²) in [5.74, 6) is 0.138. The third-order valence-corrected chi connectivity index (χ3v) is 8.30. The number of alkyl halides is 3. The first kappa shape index (κ1) is 32.1. The van der Waals surface area contributed by atoms with Crippen LogP contribution >= 0.6 is 0 Å². The summed E-state index contributed by atoms with van der Waals surface area (Å²) in [4.78, 5) is 32.8. The van der Waals surface area contributed by atoms with E-state index in [1.54, 1.807) is 35.2 Å². The molecule has 8 nitrogen and oxygen atoms in total. The lowest BCUT2D eigenvalue weighted by Crippen LogP contribution is -2.40. The predicted molar refractivity (Wildman–Crippen MR) is 161 cm³/mol. The van der Waals surface area contributed by atoms with Crippen LogP contribution in [0.1, 0.15) is 51.3 Å². The molecular formula is C34H30F5N5O3. The molecule has 244 valence electrons. The number of rotatable bonds is 8. The summed E-state index contributed by atoms with van der Waals surface area (Å²) in [5, 5.41) is 6.59. The van der Waals surface area contributed by atoms with Gasteiger partial charge in [-0.2, -0.15) is 23.3 Å². The minimum absolute atomic E-state index is 0.104. The number of amides is 2. The first-order valence-electron chi connectivity index (χ1n) is 15.2. The van der Waals surface area contributed by atoms with Gasteiger partial charge >= 0.3 is 6.18 Å². The molecule has 6 rings (SSSR count). The summed E-state index contributed by atoms with van der Waals surface area (Å²) >= 11 is 0. The van der Waals surface area contributed by atoms with Gasteiger partial charge in [0.05, 0.1) is 25.0 Å². The Kier molecular flexibility index (Phi) is 9.22. The van der Waals surface area contributed by atoms with E-state index in [0.29, 0.717) is 68.0 Å². The molecule has 1 fully saturated rings. The maximum absolute atomic E-state index is 14.2. The van der Waals surface area contributed by atoms with Crippen molar-refractivity contribution in [1.29, 1.82) is 0 Å². The molecule has 0 bridgehead atoms. The number of halogens is 5. The summed E-state index contributed by atoms with van der Waals surface area (Å²) < 4.78 is 76.2. The normalized spacial score (nSPS) is 16.7. The molecule has 47 heavy (non-hydrogen) atoms. The topological polar surface area (TPSA) is 88.8 Å². The van der Waals surface area contributed by atoms with E-state index in [1.807, 2.05) is 0 Å². The number of nitrogens with zero attached hydrogens (tertiary/aromatic N) is 4. The lowest BCUT2D eigenvalue weighted by Gasteiger charge is -2.27. The lowest BCUT2D eigenvalue weighted by molar-refractivity contribution is -0.142. The number of carbonyl (C=O) groups is 2. The second kappa shape index (κ2) is 13.5. The summed E-state index contributed by atoms with van der Waals surface area (Å²) in [6, 6.07) is 8.80. The van der Waals surface area contributed by atoms with Crippen molar-refractivity contribution in [3.05, 3.63) is 105 Å². The zero-order chi connectivity index (χ0) is 33.1. The number of ether oxygens (including phenoxy) is 1. The highest BCUT2D eigenvalue weighted by atomic mass is 19.4. The molecule has 2 amide bonds. The third kappa shape index (κ3) is 7.28. The van der Waals surface area contributed by atoms with Gasteiger partial charge in [-0.15, -0.1) is 0 Å². The minimum atomic E-state index is -4.67. The molecule has 3 aromatic rings. The van der Waals surface area contributed by atoms with Gasteiger partial charge in [0.2, 0.25) is 5.91 Å². The van der Waals surface area contributed by atoms with E-state index >= 15 is 0 Å². The summed E-state index contributed by atoms with van der Waals surface area (Å²) in [6.45, 7) is 1.26. The number of aromatic nitrogens is 2. The highest BCUT2D eigenvalue weighted by molar-refractivity contribution is 5.96. The molecule has 1 N–H and O–H groups in total. The molecule has 0 radical (unpaired) electrons. The highest BCUT2D eigenvalue weighted by Gasteiger charge is 2.40. The molecule has 1 saturated heterocycles. The second-order valence-electron chi connectivity index (χ2n) is 11.5. The van der Waals surface area contributed by atoms with Crippen LogP contribution in [0.2, 0.25) is 0 Å². The predicted octanol–water partition coefficient (Wildman–Crippen LogP) is 5.06. The lowest BCUT2D eigenvalue weighted by atomic mass is 9.94. The van der Waals surface area contributed by atoms with Crippen molar-refractivity contribution in [1.82, 2.24) is 20.0 Å². The Hall–Kier alpha value is -4.83. The number of fused-ring (bicyclic) bond motifs is 1. The van der Waals surface area contributed by atoms with E-state index in [2.05, 4.69) is 27.0 Å². The van der Waals surface area contributed by atoms with Gasteiger partial charge in [-0.05, 0) is 79.3 Å². The van der Waals surface area contributed by atoms with Crippen molar-refractivity contribution < 1.29 is 36.3 Å². The van der Waals surface area contributed by atoms with Gasteiger partial charge < -0.3 is 15.0 Å². The van der Waals surface area contributed by atoms with Crippen molar-refractivity contribution in [2.75, 3.05) is 26.3 Å². The van der Waals surface area contributed by atoms with E-state index in [0.717, 1.165) is 22.9 Å². The number of hydrogen-bond donors (Lipinski definition) is 1. The molecular weight excluding hydrogens is 621 g/mol. The Morgan fingerprint density at radius 3 is 2.51 bits per heavy atom. The van der Waals surface area contributed by atoms with Gasteiger partial charge in [0.1, 0.15) is 18.2 Å². The first-order chi connectivity index (χ1) is 22.6. The Bertz CT molecular complexity index is 1820. The van der Waals surface area contributed by atoms with Gasteiger partial charge in [0.15, 0.2) is 5.69 Å². The van der Waals surface area contributed by atoms with Crippen LogP contribution < -0.4 is 5.32 Å². The fourth-order valence-corrected chi connectivity index (χ4v) is 6.18. The third-order valence-electron chi connectivity index (χ3n) is 8.30. The number of aliphatic imine (C=N–C) groups is 1. The molecule has 3 heterocycles. The van der Waals surface area contributed by atoms with E-state index in [4.69, 9.17) is 4.74 Å². The molecule has 3 aliphatic rings. The Balaban J connectivity index is 1.34. The number of carbonyl (C=O) groups excluding carboxylic acids is 2. The standard InChI is InChI=1S/C34H30F5N5O3/c35-24-15-21(16-25(36)19-24)17-28(41-30(45)20-44-29-9-2-1-7-27(29)32(42-44)34(37,38)39)31-26(8-4-10-40-31)22-5-3-6-23(18-22)33(46)43-11-13-47-14-12-43/h3,5-6,8,15-16,18-19,28H,1-2,7,9,11-14,17,20H2,(H,41,45). The largest absolute Gasteiger partial charge is 0.435 e. The molecule has 1 atom stereocenters. The van der Waals surface area contributed by atoms with Crippen molar-refractivity contribution >= 4 is 23.3 Å². The molecule has 2 aromatic carbocycles. The molecule has 1 aliphatic carbocycles. The molecule has 2 aliphatic heterocycles. The Labute approximate surface area is 266 Å². The summed E-state index contributed by atoms with van der Waals surface area (Å²) in [7, 11) is 0. The fourth-order valence-electron chi connectivity index (χ4n) is 6.18. The SMILES string of the molecule is O=C(Cn1nc(C(F)(F)F)c2c1CCCC2)NC(Cc1cc(F)cc(F)c1)C1=C(c2cccc(C(=O)N3CCOCC3)c2)C=C=C=N1. The number of nitrogens with one attached hydrogen (secondary N) is 1. The summed E-state index contributed by atoms with van der Waals surface area (Å²) in [6.07, 6.45) is -1.37. The number of benzene rings is 2. The van der Waals surface area contributed by atoms with Gasteiger partial charge in [-0.3, -0.25) is 14.3 Å². The molecule has 1 unspecified atom stereocenters. The van der Waals surface area contributed by atoms with Crippen LogP contribution in [0.5, 0.6) is 0 Å². The fraction of sp³-hybridized carbons (Fsp3) is 0.353. The van der Waals surface area contributed by atoms with Crippen LogP contribution in [0.15, 0.2) is 65.0 Å². The quantitative estimate of drug-likeness (QED) is 0.273. The second-order valence-corrected chi connectivity index (χ2v) is 11.5. The zero-order valence-electron chi connectivity index (χ0n) is 25.2. The molecule has 13 heteroatoms. The van der Waals surface area contributed by atoms with Crippen LogP contribution in [0.4, 0.5) is 22.0 Å². The van der Waals surface area contributed by atoms with Crippen molar-refractivity contribution in [2.45, 2.75) is 50.9 Å². The monoisotopic (exact) mass is 651 g/mol. The van der Waals surface area contributed by atoms with Crippen LogP contribution in [0.25, 0.3) is 5.57 Å². The van der Waals surface area contributed by atoms with Gasteiger partial charge in [0, 0.05) is 47.4 Å². The van der Waals surface area contributed by atoms with Crippen molar-refractivity contribution in [3.8, 4) is 0 Å². The average Bonchev–Trinajstić information content (AvgIpc) is 3.43. The highest BCUT2D eigenvalue weighted by Crippen LogP contribution is 2.36. The first-order valence-corrected chi connectivity index (χ1v) is 15.2. The van der Waals surface area contributed by atoms with Gasteiger partial charge in [-0.25, -0.2) is 8.78 Å². The Morgan fingerprint density at radius 2 is 1.77 bits per heavy atom. The van der Waals surface area contributed by atoms with E-state index in [9.17, 15) is 31.5 Å². The number of hydrogen-bond acceptors (Lipinski definition) is 5. The van der Waals surface area contributed by atoms with Crippen LogP contribution in [-0.2, 0) is 41.5 Å². The maximum atomic E-state index is 14.2. The summed E-state index contributed by atoms with van der Waals surface area (Å²) in [5.41, 5.74) is 4.20. The van der Waals surface area contributed by atoms with Crippen LogP contribution in [0.3, 0.4) is 0 Å². The Morgan fingerprint density at radius 1 is 1.02 bits per heavy atom. The van der Waals surface area contributed by atoms with Crippen LogP contribution in [0, 0.1) is 11.6 Å². The van der Waals surface area contributed by atoms with Crippen LogP contribution in [-0.4, -0.2) is 64.7 Å². The van der Waals surface area contributed by atoms with E-state index in [1.165, 1.54) is 0 Å². The van der Waals surface area contributed by atoms with Gasteiger partial charge in [-0.1, -0.05) is 12.1 Å². The number of allylic oxidation sites excluding steroid dienone is 2. The number of morpholine rings is 1. The van der Waals surface area contributed by atoms with E-state index in [-0.39, 0.29) is 35.6 Å². The molecule has 0 spiro atoms. The molecule has 1 aromatic heterocycles. The smallest absolute Gasteiger partial charge is 0.378 e. The van der Waals surface area contributed by atoms with Gasteiger partial charge in [0.25, 0.3) is 5.91 Å². The zero-order valence-corrected chi connectivity index (χ0v) is 25.2. The average molecular weight is 652 g/mol. The van der Waals surface area contributed by atoms with E-state index < -0.39 is 42.0 Å².